The number of anilines is 1. The monoisotopic (exact) mass is 385 g/mol. The van der Waals surface area contributed by atoms with Crippen molar-refractivity contribution in [2.24, 2.45) is 0 Å². The van der Waals surface area contributed by atoms with E-state index in [0.717, 1.165) is 11.9 Å². The van der Waals surface area contributed by atoms with Crippen LogP contribution in [0.25, 0.3) is 5.69 Å². The number of hydrogen-bond donors (Lipinski definition) is 2. The highest BCUT2D eigenvalue weighted by molar-refractivity contribution is 7.92. The number of rotatable bonds is 4. The summed E-state index contributed by atoms with van der Waals surface area (Å²) in [6, 6.07) is 6.91. The number of nitrogens with zero attached hydrogens (tertiary/aromatic N) is 3. The fraction of sp³-hybridized carbons (Fsp3) is 0.400. The lowest BCUT2D eigenvalue weighted by Crippen LogP contribution is -2.55. The average molecular weight is 386 g/mol. The molecule has 0 saturated carbocycles. The summed E-state index contributed by atoms with van der Waals surface area (Å²) in [5, 5.41) is 13.9. The number of halogens is 1. The zero-order chi connectivity index (χ0) is 17.2. The highest BCUT2D eigenvalue weighted by Crippen LogP contribution is 2.29. The van der Waals surface area contributed by atoms with E-state index in [9.17, 15) is 13.2 Å². The van der Waals surface area contributed by atoms with Gasteiger partial charge in [0.25, 0.3) is 0 Å². The van der Waals surface area contributed by atoms with Gasteiger partial charge in [-0.1, -0.05) is 0 Å². The summed E-state index contributed by atoms with van der Waals surface area (Å²) >= 11 is 0. The molecule has 8 nitrogen and oxygen atoms in total. The minimum Gasteiger partial charge on any atom is -0.325 e. The van der Waals surface area contributed by atoms with E-state index in [0.29, 0.717) is 18.8 Å². The van der Waals surface area contributed by atoms with Crippen LogP contribution in [0.3, 0.4) is 0 Å². The smallest absolute Gasteiger partial charge is 0.245 e. The molecule has 1 aromatic carbocycles. The molecular weight excluding hydrogens is 366 g/mol. The summed E-state index contributed by atoms with van der Waals surface area (Å²) < 4.78 is 23.1. The zero-order valence-electron chi connectivity index (χ0n) is 13.7. The van der Waals surface area contributed by atoms with Crippen LogP contribution in [0.4, 0.5) is 5.69 Å². The van der Waals surface area contributed by atoms with Crippen LogP contribution in [0.5, 0.6) is 0 Å². The van der Waals surface area contributed by atoms with Crippen molar-refractivity contribution in [3.05, 3.63) is 36.7 Å². The van der Waals surface area contributed by atoms with Crippen molar-refractivity contribution in [3.8, 4) is 5.69 Å². The van der Waals surface area contributed by atoms with Crippen LogP contribution < -0.4 is 10.6 Å². The van der Waals surface area contributed by atoms with Gasteiger partial charge in [0.15, 0.2) is 14.6 Å². The molecule has 0 aliphatic carbocycles. The molecule has 0 unspecified atom stereocenters. The van der Waals surface area contributed by atoms with Gasteiger partial charge in [-0.15, -0.1) is 12.4 Å². The molecule has 2 aromatic rings. The summed E-state index contributed by atoms with van der Waals surface area (Å²) in [7, 11) is -3.53. The molecule has 1 aliphatic rings. The number of benzene rings is 1. The van der Waals surface area contributed by atoms with Crippen molar-refractivity contribution in [2.75, 3.05) is 24.7 Å². The van der Waals surface area contributed by atoms with E-state index in [4.69, 9.17) is 0 Å². The maximum Gasteiger partial charge on any atom is 0.245 e. The van der Waals surface area contributed by atoms with Gasteiger partial charge in [0.1, 0.15) is 0 Å². The van der Waals surface area contributed by atoms with Crippen LogP contribution in [0.2, 0.25) is 0 Å². The zero-order valence-corrected chi connectivity index (χ0v) is 15.3. The normalized spacial score (nSPS) is 16.7. The van der Waals surface area contributed by atoms with Gasteiger partial charge in [-0.2, -0.15) is 15.0 Å². The largest absolute Gasteiger partial charge is 0.325 e. The summed E-state index contributed by atoms with van der Waals surface area (Å²) in [4.78, 5) is 14.2. The molecule has 0 spiro atoms. The quantitative estimate of drug-likeness (QED) is 0.806. The summed E-state index contributed by atoms with van der Waals surface area (Å²) in [6.07, 6.45) is 4.82. The van der Waals surface area contributed by atoms with E-state index in [1.807, 2.05) is 0 Å². The van der Waals surface area contributed by atoms with Gasteiger partial charge in [0.2, 0.25) is 5.91 Å². The van der Waals surface area contributed by atoms with Gasteiger partial charge in [0.05, 0.1) is 18.1 Å². The molecule has 0 bridgehead atoms. The Morgan fingerprint density at radius 1 is 1.16 bits per heavy atom. The molecule has 1 amide bonds. The topological polar surface area (TPSA) is 106 Å². The number of aromatic nitrogens is 3. The number of sulfone groups is 1. The highest BCUT2D eigenvalue weighted by Gasteiger charge is 2.48. The van der Waals surface area contributed by atoms with Crippen LogP contribution in [-0.4, -0.2) is 53.4 Å². The van der Waals surface area contributed by atoms with Crippen LogP contribution in [0.1, 0.15) is 12.8 Å². The predicted octanol–water partition coefficient (Wildman–Crippen LogP) is 0.794. The fourth-order valence-corrected chi connectivity index (χ4v) is 4.20. The molecule has 136 valence electrons. The third kappa shape index (κ3) is 3.83. The van der Waals surface area contributed by atoms with Crippen LogP contribution in [-0.2, 0) is 14.6 Å². The Bertz CT molecular complexity index is 815. The molecule has 0 radical (unpaired) electrons. The molecule has 2 N–H and O–H groups in total. The number of hydrogen-bond acceptors (Lipinski definition) is 6. The Labute approximate surface area is 152 Å². The Morgan fingerprint density at radius 2 is 1.72 bits per heavy atom. The van der Waals surface area contributed by atoms with Crippen molar-refractivity contribution in [2.45, 2.75) is 17.6 Å². The SMILES string of the molecule is CS(=O)(=O)C1(C(=O)Nc2ccc(-n3nccn3)cc2)CCNCC1.Cl. The number of amides is 1. The molecule has 3 rings (SSSR count). The minimum absolute atomic E-state index is 0. The fourth-order valence-electron chi connectivity index (χ4n) is 2.87. The molecular formula is C15H20ClN5O3S. The molecule has 0 atom stereocenters. The van der Waals surface area contributed by atoms with E-state index in [1.54, 1.807) is 36.7 Å². The number of carbonyl (C=O) groups is 1. The van der Waals surface area contributed by atoms with E-state index in [1.165, 1.54) is 4.80 Å². The highest BCUT2D eigenvalue weighted by atomic mass is 35.5. The number of nitrogens with one attached hydrogen (secondary N) is 2. The summed E-state index contributed by atoms with van der Waals surface area (Å²) in [5.74, 6) is -0.475. The summed E-state index contributed by atoms with van der Waals surface area (Å²) in [6.45, 7) is 1.01. The lowest BCUT2D eigenvalue weighted by atomic mass is 9.95. The Balaban J connectivity index is 0.00000225. The van der Waals surface area contributed by atoms with Crippen LogP contribution >= 0.6 is 12.4 Å². The third-order valence-corrected chi connectivity index (χ3v) is 6.32. The first-order valence-electron chi connectivity index (χ1n) is 7.61. The first-order valence-corrected chi connectivity index (χ1v) is 9.50. The van der Waals surface area contributed by atoms with Crippen LogP contribution in [0, 0.1) is 0 Å². The Kier molecular flexibility index (Phi) is 5.81. The van der Waals surface area contributed by atoms with Crippen molar-refractivity contribution in [1.82, 2.24) is 20.3 Å². The molecule has 10 heteroatoms. The van der Waals surface area contributed by atoms with Crippen molar-refractivity contribution >= 4 is 33.8 Å². The number of carbonyl (C=O) groups excluding carboxylic acids is 1. The molecule has 1 aromatic heterocycles. The Hall–Kier alpha value is -1.97. The molecule has 1 aliphatic heterocycles. The lowest BCUT2D eigenvalue weighted by molar-refractivity contribution is -0.119. The second-order valence-corrected chi connectivity index (χ2v) is 8.16. The maximum atomic E-state index is 12.7. The molecule has 2 heterocycles. The second-order valence-electron chi connectivity index (χ2n) is 5.84. The average Bonchev–Trinajstić information content (AvgIpc) is 3.09. The molecule has 1 fully saturated rings. The summed E-state index contributed by atoms with van der Waals surface area (Å²) in [5.41, 5.74) is 1.29. The molecule has 25 heavy (non-hydrogen) atoms. The van der Waals surface area contributed by atoms with Gasteiger partial charge >= 0.3 is 0 Å². The van der Waals surface area contributed by atoms with Crippen molar-refractivity contribution in [1.29, 1.82) is 0 Å². The number of piperidine rings is 1. The van der Waals surface area contributed by atoms with Crippen molar-refractivity contribution < 1.29 is 13.2 Å². The van der Waals surface area contributed by atoms with Gasteiger partial charge in [-0.25, -0.2) is 8.42 Å². The van der Waals surface area contributed by atoms with Crippen molar-refractivity contribution in [3.63, 3.8) is 0 Å². The minimum atomic E-state index is -3.53. The Morgan fingerprint density at radius 3 is 2.24 bits per heavy atom. The van der Waals surface area contributed by atoms with E-state index >= 15 is 0 Å². The van der Waals surface area contributed by atoms with Gasteiger partial charge in [0, 0.05) is 11.9 Å². The van der Waals surface area contributed by atoms with E-state index in [2.05, 4.69) is 20.8 Å². The first-order chi connectivity index (χ1) is 11.4. The second kappa shape index (κ2) is 7.51. The van der Waals surface area contributed by atoms with Gasteiger partial charge in [-0.05, 0) is 50.2 Å². The van der Waals surface area contributed by atoms with E-state index < -0.39 is 20.5 Å². The first kappa shape index (κ1) is 19.4. The maximum absolute atomic E-state index is 12.7. The molecule has 1 saturated heterocycles. The van der Waals surface area contributed by atoms with Gasteiger partial charge in [-0.3, -0.25) is 4.79 Å². The third-order valence-electron chi connectivity index (χ3n) is 4.31. The predicted molar refractivity (Wildman–Crippen MR) is 96.9 cm³/mol. The lowest BCUT2D eigenvalue weighted by Gasteiger charge is -2.34. The van der Waals surface area contributed by atoms with E-state index in [-0.39, 0.29) is 25.2 Å². The van der Waals surface area contributed by atoms with Gasteiger partial charge < -0.3 is 10.6 Å². The van der Waals surface area contributed by atoms with Crippen LogP contribution in [0.15, 0.2) is 36.7 Å². The standard InChI is InChI=1S/C15H19N5O3S.ClH/c1-24(22,23)15(6-8-16-9-7-15)14(21)19-12-2-4-13(5-3-12)20-17-10-11-18-20;/h2-5,10-11,16H,6-9H2,1H3,(H,19,21);1H.